The molecule has 2 rings (SSSR count). The fourth-order valence-corrected chi connectivity index (χ4v) is 1.28. The second-order valence-corrected chi connectivity index (χ2v) is 3.35. The van der Waals surface area contributed by atoms with Crippen LogP contribution in [0.25, 0.3) is 0 Å². The number of aromatic carboxylic acids is 1. The summed E-state index contributed by atoms with van der Waals surface area (Å²) in [6, 6.07) is 7.24. The summed E-state index contributed by atoms with van der Waals surface area (Å²) in [5.74, 6) is -1.13. The molecule has 0 amide bonds. The molecule has 0 radical (unpaired) electrons. The van der Waals surface area contributed by atoms with E-state index in [9.17, 15) is 9.18 Å². The summed E-state index contributed by atoms with van der Waals surface area (Å²) >= 11 is 0. The van der Waals surface area contributed by atoms with E-state index in [2.05, 4.69) is 10.5 Å². The highest BCUT2D eigenvalue weighted by molar-refractivity contribution is 5.85. The SMILES string of the molecule is O=C(O)c1cc(CNc2cccc(F)c2)on1. The van der Waals surface area contributed by atoms with Crippen molar-refractivity contribution in [1.29, 1.82) is 0 Å². The van der Waals surface area contributed by atoms with Gasteiger partial charge in [-0.1, -0.05) is 11.2 Å². The Bertz CT molecular complexity index is 539. The van der Waals surface area contributed by atoms with Crippen molar-refractivity contribution in [2.45, 2.75) is 6.54 Å². The van der Waals surface area contributed by atoms with Gasteiger partial charge in [-0.05, 0) is 18.2 Å². The van der Waals surface area contributed by atoms with Crippen LogP contribution in [0, 0.1) is 5.82 Å². The third-order valence-electron chi connectivity index (χ3n) is 2.07. The van der Waals surface area contributed by atoms with Crippen molar-refractivity contribution in [3.05, 3.63) is 47.6 Å². The van der Waals surface area contributed by atoms with Gasteiger partial charge in [0.2, 0.25) is 0 Å². The summed E-state index contributed by atoms with van der Waals surface area (Å²) in [6.45, 7) is 0.240. The fourth-order valence-electron chi connectivity index (χ4n) is 1.28. The summed E-state index contributed by atoms with van der Waals surface area (Å²) in [7, 11) is 0. The Kier molecular flexibility index (Phi) is 3.04. The molecule has 2 aromatic rings. The molecule has 0 fully saturated rings. The maximum Gasteiger partial charge on any atom is 0.358 e. The van der Waals surface area contributed by atoms with E-state index in [-0.39, 0.29) is 18.1 Å². The van der Waals surface area contributed by atoms with Gasteiger partial charge in [0.25, 0.3) is 0 Å². The molecule has 0 spiro atoms. The molecule has 2 N–H and O–H groups in total. The summed E-state index contributed by atoms with van der Waals surface area (Å²) in [5, 5.41) is 14.9. The molecule has 0 unspecified atom stereocenters. The van der Waals surface area contributed by atoms with Crippen LogP contribution in [0.3, 0.4) is 0 Å². The largest absolute Gasteiger partial charge is 0.476 e. The smallest absolute Gasteiger partial charge is 0.358 e. The molecule has 17 heavy (non-hydrogen) atoms. The van der Waals surface area contributed by atoms with Crippen molar-refractivity contribution in [2.75, 3.05) is 5.32 Å². The normalized spacial score (nSPS) is 10.2. The van der Waals surface area contributed by atoms with Crippen molar-refractivity contribution in [3.63, 3.8) is 0 Å². The lowest BCUT2D eigenvalue weighted by Crippen LogP contribution is -1.98. The first-order valence-corrected chi connectivity index (χ1v) is 4.83. The number of rotatable bonds is 4. The molecule has 0 aliphatic heterocycles. The highest BCUT2D eigenvalue weighted by atomic mass is 19.1. The van der Waals surface area contributed by atoms with Crippen LogP contribution in [0.2, 0.25) is 0 Å². The highest BCUT2D eigenvalue weighted by Crippen LogP contribution is 2.11. The van der Waals surface area contributed by atoms with Gasteiger partial charge in [-0.15, -0.1) is 0 Å². The van der Waals surface area contributed by atoms with E-state index < -0.39 is 5.97 Å². The molecule has 0 saturated carbocycles. The van der Waals surface area contributed by atoms with E-state index in [1.54, 1.807) is 12.1 Å². The highest BCUT2D eigenvalue weighted by Gasteiger charge is 2.10. The molecule has 0 saturated heterocycles. The molecule has 1 heterocycles. The van der Waals surface area contributed by atoms with E-state index >= 15 is 0 Å². The van der Waals surface area contributed by atoms with Gasteiger partial charge < -0.3 is 14.9 Å². The van der Waals surface area contributed by atoms with Gasteiger partial charge in [-0.2, -0.15) is 0 Å². The van der Waals surface area contributed by atoms with Crippen LogP contribution in [0.5, 0.6) is 0 Å². The Hall–Kier alpha value is -2.37. The summed E-state index contributed by atoms with van der Waals surface area (Å²) < 4.78 is 17.6. The predicted molar refractivity (Wildman–Crippen MR) is 57.2 cm³/mol. The zero-order valence-electron chi connectivity index (χ0n) is 8.68. The first-order chi connectivity index (χ1) is 8.15. The lowest BCUT2D eigenvalue weighted by Gasteiger charge is -2.02. The Balaban J connectivity index is 2.00. The molecule has 0 aliphatic carbocycles. The minimum atomic E-state index is -1.15. The quantitative estimate of drug-likeness (QED) is 0.850. The van der Waals surface area contributed by atoms with Crippen molar-refractivity contribution in [2.24, 2.45) is 0 Å². The minimum absolute atomic E-state index is 0.152. The van der Waals surface area contributed by atoms with Crippen LogP contribution >= 0.6 is 0 Å². The van der Waals surface area contributed by atoms with E-state index in [4.69, 9.17) is 9.63 Å². The number of aromatic nitrogens is 1. The fraction of sp³-hybridized carbons (Fsp3) is 0.0909. The average molecular weight is 236 g/mol. The number of nitrogens with one attached hydrogen (secondary N) is 1. The Morgan fingerprint density at radius 2 is 2.29 bits per heavy atom. The van der Waals surface area contributed by atoms with Gasteiger partial charge in [0.05, 0.1) is 6.54 Å². The van der Waals surface area contributed by atoms with Crippen molar-refractivity contribution >= 4 is 11.7 Å². The monoisotopic (exact) mass is 236 g/mol. The van der Waals surface area contributed by atoms with Gasteiger partial charge in [0, 0.05) is 11.8 Å². The molecular weight excluding hydrogens is 227 g/mol. The molecule has 5 nitrogen and oxygen atoms in total. The Labute approximate surface area is 95.9 Å². The number of anilines is 1. The number of nitrogens with zero attached hydrogens (tertiary/aromatic N) is 1. The summed E-state index contributed by atoms with van der Waals surface area (Å²) in [6.07, 6.45) is 0. The van der Waals surface area contributed by atoms with E-state index in [1.165, 1.54) is 18.2 Å². The molecule has 88 valence electrons. The average Bonchev–Trinajstić information content (AvgIpc) is 2.75. The van der Waals surface area contributed by atoms with Crippen LogP contribution in [0.1, 0.15) is 16.2 Å². The summed E-state index contributed by atoms with van der Waals surface area (Å²) in [4.78, 5) is 10.5. The van der Waals surface area contributed by atoms with Gasteiger partial charge in [0.1, 0.15) is 5.82 Å². The Morgan fingerprint density at radius 1 is 1.47 bits per heavy atom. The second kappa shape index (κ2) is 4.65. The number of halogens is 1. The first kappa shape index (κ1) is 11.1. The van der Waals surface area contributed by atoms with Gasteiger partial charge in [-0.3, -0.25) is 0 Å². The maximum atomic E-state index is 12.8. The number of carboxylic acids is 1. The predicted octanol–water partition coefficient (Wildman–Crippen LogP) is 2.12. The lowest BCUT2D eigenvalue weighted by molar-refractivity contribution is 0.0685. The van der Waals surface area contributed by atoms with E-state index in [1.807, 2.05) is 0 Å². The molecule has 0 aliphatic rings. The van der Waals surface area contributed by atoms with Crippen molar-refractivity contribution < 1.29 is 18.8 Å². The number of hydrogen-bond donors (Lipinski definition) is 2. The third-order valence-corrected chi connectivity index (χ3v) is 2.07. The standard InChI is InChI=1S/C11H9FN2O3/c12-7-2-1-3-8(4-7)13-6-9-5-10(11(15)16)14-17-9/h1-5,13H,6H2,(H,15,16). The molecule has 6 heteroatoms. The number of hydrogen-bond acceptors (Lipinski definition) is 4. The van der Waals surface area contributed by atoms with E-state index in [0.717, 1.165) is 0 Å². The van der Waals surface area contributed by atoms with Crippen LogP contribution in [0.15, 0.2) is 34.9 Å². The molecule has 1 aromatic carbocycles. The van der Waals surface area contributed by atoms with Crippen molar-refractivity contribution in [1.82, 2.24) is 5.16 Å². The Morgan fingerprint density at radius 3 is 2.94 bits per heavy atom. The van der Waals surface area contributed by atoms with Gasteiger partial charge >= 0.3 is 5.97 Å². The van der Waals surface area contributed by atoms with Crippen LogP contribution in [-0.4, -0.2) is 16.2 Å². The number of benzene rings is 1. The van der Waals surface area contributed by atoms with Crippen molar-refractivity contribution in [3.8, 4) is 0 Å². The molecule has 1 aromatic heterocycles. The van der Waals surface area contributed by atoms with Gasteiger partial charge in [0.15, 0.2) is 11.5 Å². The second-order valence-electron chi connectivity index (χ2n) is 3.35. The minimum Gasteiger partial charge on any atom is -0.476 e. The summed E-state index contributed by atoms with van der Waals surface area (Å²) in [5.41, 5.74) is 0.430. The zero-order valence-corrected chi connectivity index (χ0v) is 8.68. The van der Waals surface area contributed by atoms with E-state index in [0.29, 0.717) is 11.4 Å². The lowest BCUT2D eigenvalue weighted by atomic mass is 10.3. The zero-order chi connectivity index (χ0) is 12.3. The molecular formula is C11H9FN2O3. The molecule has 0 bridgehead atoms. The maximum absolute atomic E-state index is 12.8. The van der Waals surface area contributed by atoms with Gasteiger partial charge in [-0.25, -0.2) is 9.18 Å². The third kappa shape index (κ3) is 2.81. The van der Waals surface area contributed by atoms with Crippen LogP contribution in [-0.2, 0) is 6.54 Å². The molecule has 0 atom stereocenters. The number of carboxylic acid groups (broad SMARTS) is 1. The topological polar surface area (TPSA) is 75.4 Å². The number of carbonyl (C=O) groups is 1. The van der Waals surface area contributed by atoms with Crippen LogP contribution in [0.4, 0.5) is 10.1 Å². The first-order valence-electron chi connectivity index (χ1n) is 4.83. The van der Waals surface area contributed by atoms with Crippen LogP contribution < -0.4 is 5.32 Å².